The summed E-state index contributed by atoms with van der Waals surface area (Å²) in [4.78, 5) is 37.3. The number of amides is 2. The molecule has 0 heterocycles. The normalized spacial score (nSPS) is 14.8. The van der Waals surface area contributed by atoms with Gasteiger partial charge in [0.2, 0.25) is 5.91 Å². The van der Waals surface area contributed by atoms with Gasteiger partial charge in [-0.3, -0.25) is 4.79 Å². The lowest BCUT2D eigenvalue weighted by molar-refractivity contribution is -0.142. The van der Waals surface area contributed by atoms with Crippen molar-refractivity contribution in [1.29, 1.82) is 0 Å². The van der Waals surface area contributed by atoms with Crippen molar-refractivity contribution in [2.45, 2.75) is 70.9 Å². The predicted molar refractivity (Wildman–Crippen MR) is 135 cm³/mol. The Morgan fingerprint density at radius 3 is 2.09 bits per heavy atom. The number of unbranched alkanes of at least 4 members (excludes halogenated alkanes) is 1. The van der Waals surface area contributed by atoms with Crippen LogP contribution in [0.25, 0.3) is 11.1 Å². The van der Waals surface area contributed by atoms with Crippen molar-refractivity contribution in [3.05, 3.63) is 59.7 Å². The van der Waals surface area contributed by atoms with Gasteiger partial charge in [-0.1, -0.05) is 88.6 Å². The molecular weight excluding hydrogens is 444 g/mol. The lowest BCUT2D eigenvalue weighted by atomic mass is 9.98. The maximum atomic E-state index is 12.9. The zero-order chi connectivity index (χ0) is 25.4. The van der Waals surface area contributed by atoms with Gasteiger partial charge in [0.1, 0.15) is 18.7 Å². The molecule has 1 aliphatic rings. The molecule has 3 rings (SSSR count). The van der Waals surface area contributed by atoms with Crippen molar-refractivity contribution in [2.24, 2.45) is 5.92 Å². The lowest BCUT2D eigenvalue weighted by Gasteiger charge is -2.23. The zero-order valence-corrected chi connectivity index (χ0v) is 20.8. The van der Waals surface area contributed by atoms with E-state index in [1.54, 1.807) is 0 Å². The van der Waals surface area contributed by atoms with Crippen LogP contribution < -0.4 is 10.6 Å². The average molecular weight is 481 g/mol. The summed E-state index contributed by atoms with van der Waals surface area (Å²) < 4.78 is 5.59. The third kappa shape index (κ3) is 6.62. The minimum Gasteiger partial charge on any atom is -0.480 e. The van der Waals surface area contributed by atoms with Gasteiger partial charge in [-0.15, -0.1) is 0 Å². The van der Waals surface area contributed by atoms with Crippen LogP contribution in [0.3, 0.4) is 0 Å². The number of carbonyl (C=O) groups is 3. The quantitative estimate of drug-likeness (QED) is 0.392. The Labute approximate surface area is 207 Å². The van der Waals surface area contributed by atoms with E-state index in [1.165, 1.54) is 0 Å². The van der Waals surface area contributed by atoms with Gasteiger partial charge in [0, 0.05) is 5.92 Å². The van der Waals surface area contributed by atoms with E-state index in [2.05, 4.69) is 22.8 Å². The monoisotopic (exact) mass is 480 g/mol. The minimum atomic E-state index is -1.07. The van der Waals surface area contributed by atoms with E-state index in [0.717, 1.165) is 35.1 Å². The summed E-state index contributed by atoms with van der Waals surface area (Å²) in [6.07, 6.45) is 2.43. The van der Waals surface area contributed by atoms with Crippen molar-refractivity contribution < 1.29 is 24.2 Å². The maximum Gasteiger partial charge on any atom is 0.407 e. The van der Waals surface area contributed by atoms with E-state index in [0.29, 0.717) is 19.3 Å². The van der Waals surface area contributed by atoms with Crippen molar-refractivity contribution in [3.63, 3.8) is 0 Å². The Kier molecular flexibility index (Phi) is 9.29. The Hall–Kier alpha value is -3.35. The van der Waals surface area contributed by atoms with Crippen LogP contribution in [0.5, 0.6) is 0 Å². The molecule has 7 heteroatoms. The molecule has 188 valence electrons. The molecule has 0 spiro atoms. The van der Waals surface area contributed by atoms with Crippen LogP contribution in [0.1, 0.15) is 69.9 Å². The van der Waals surface area contributed by atoms with Crippen LogP contribution in [0.15, 0.2) is 48.5 Å². The maximum absolute atomic E-state index is 12.9. The second-order valence-corrected chi connectivity index (χ2v) is 9.31. The summed E-state index contributed by atoms with van der Waals surface area (Å²) in [6.45, 7) is 6.07. The molecule has 3 N–H and O–H groups in total. The molecule has 2 aromatic rings. The van der Waals surface area contributed by atoms with E-state index in [9.17, 15) is 19.5 Å². The smallest absolute Gasteiger partial charge is 0.407 e. The van der Waals surface area contributed by atoms with Crippen molar-refractivity contribution >= 4 is 18.0 Å². The molecule has 7 nitrogen and oxygen atoms in total. The fourth-order valence-electron chi connectivity index (χ4n) is 4.52. The molecule has 3 unspecified atom stereocenters. The number of hydrogen-bond acceptors (Lipinski definition) is 4. The summed E-state index contributed by atoms with van der Waals surface area (Å²) in [5.74, 6) is -1.50. The van der Waals surface area contributed by atoms with Gasteiger partial charge < -0.3 is 20.5 Å². The van der Waals surface area contributed by atoms with E-state index in [-0.39, 0.29) is 18.4 Å². The molecule has 0 saturated heterocycles. The number of carboxylic acids is 1. The van der Waals surface area contributed by atoms with Gasteiger partial charge in [-0.05, 0) is 41.0 Å². The lowest BCUT2D eigenvalue weighted by Crippen LogP contribution is -2.52. The third-order valence-corrected chi connectivity index (χ3v) is 6.75. The Bertz CT molecular complexity index is 992. The van der Waals surface area contributed by atoms with E-state index >= 15 is 0 Å². The Morgan fingerprint density at radius 1 is 0.943 bits per heavy atom. The fraction of sp³-hybridized carbons (Fsp3) is 0.464. The molecule has 2 amide bonds. The number of carbonyl (C=O) groups excluding carboxylic acids is 2. The molecule has 1 aliphatic carbocycles. The van der Waals surface area contributed by atoms with E-state index < -0.39 is 30.1 Å². The van der Waals surface area contributed by atoms with Crippen LogP contribution >= 0.6 is 0 Å². The molecule has 0 radical (unpaired) electrons. The largest absolute Gasteiger partial charge is 0.480 e. The number of benzene rings is 2. The summed E-state index contributed by atoms with van der Waals surface area (Å²) in [7, 11) is 0. The van der Waals surface area contributed by atoms with Crippen molar-refractivity contribution in [2.75, 3.05) is 6.61 Å². The molecular formula is C28H36N2O5. The highest BCUT2D eigenvalue weighted by molar-refractivity contribution is 5.89. The average Bonchev–Trinajstić information content (AvgIpc) is 3.18. The zero-order valence-electron chi connectivity index (χ0n) is 20.8. The molecule has 0 fully saturated rings. The van der Waals surface area contributed by atoms with Gasteiger partial charge in [0.15, 0.2) is 0 Å². The van der Waals surface area contributed by atoms with Gasteiger partial charge in [-0.2, -0.15) is 0 Å². The SMILES string of the molecule is CCCCC(NC(=O)OCC1c2ccccc2-c2ccccc21)C(=O)NC(CC(C)CC)C(=O)O. The molecule has 3 atom stereocenters. The summed E-state index contributed by atoms with van der Waals surface area (Å²) in [5, 5.41) is 14.8. The van der Waals surface area contributed by atoms with Gasteiger partial charge in [-0.25, -0.2) is 9.59 Å². The highest BCUT2D eigenvalue weighted by atomic mass is 16.5. The molecule has 0 bridgehead atoms. The number of aliphatic carboxylic acids is 1. The first-order valence-corrected chi connectivity index (χ1v) is 12.5. The summed E-state index contributed by atoms with van der Waals surface area (Å²) in [6, 6.07) is 14.3. The highest BCUT2D eigenvalue weighted by Gasteiger charge is 2.31. The highest BCUT2D eigenvalue weighted by Crippen LogP contribution is 2.44. The number of rotatable bonds is 12. The number of carboxylic acid groups (broad SMARTS) is 1. The molecule has 0 saturated carbocycles. The topological polar surface area (TPSA) is 105 Å². The predicted octanol–water partition coefficient (Wildman–Crippen LogP) is 5.09. The van der Waals surface area contributed by atoms with E-state index in [4.69, 9.17) is 4.74 Å². The first kappa shape index (κ1) is 26.3. The second-order valence-electron chi connectivity index (χ2n) is 9.31. The van der Waals surface area contributed by atoms with Crippen LogP contribution in [0.2, 0.25) is 0 Å². The number of nitrogens with one attached hydrogen (secondary N) is 2. The molecule has 35 heavy (non-hydrogen) atoms. The van der Waals surface area contributed by atoms with Crippen LogP contribution in [0, 0.1) is 5.92 Å². The van der Waals surface area contributed by atoms with Gasteiger partial charge in [0.05, 0.1) is 0 Å². The fourth-order valence-corrected chi connectivity index (χ4v) is 4.52. The number of fused-ring (bicyclic) bond motifs is 3. The van der Waals surface area contributed by atoms with Crippen molar-refractivity contribution in [3.8, 4) is 11.1 Å². The van der Waals surface area contributed by atoms with Gasteiger partial charge >= 0.3 is 12.1 Å². The summed E-state index contributed by atoms with van der Waals surface area (Å²) in [5.41, 5.74) is 4.49. The van der Waals surface area contributed by atoms with Gasteiger partial charge in [0.25, 0.3) is 0 Å². The number of ether oxygens (including phenoxy) is 1. The van der Waals surface area contributed by atoms with Crippen LogP contribution in [-0.4, -0.2) is 41.8 Å². The first-order valence-electron chi connectivity index (χ1n) is 12.5. The van der Waals surface area contributed by atoms with Crippen LogP contribution in [0.4, 0.5) is 4.79 Å². The Morgan fingerprint density at radius 2 is 1.54 bits per heavy atom. The minimum absolute atomic E-state index is 0.0806. The standard InChI is InChI=1S/C28H36N2O5/c1-4-6-15-24(26(31)29-25(27(32)33)16-18(3)5-2)30-28(34)35-17-23-21-13-9-7-11-19(21)20-12-8-10-14-22(20)23/h7-14,18,23-25H,4-6,15-17H2,1-3H3,(H,29,31)(H,30,34)(H,32,33). The second kappa shape index (κ2) is 12.4. The molecule has 0 aliphatic heterocycles. The first-order chi connectivity index (χ1) is 16.8. The molecule has 0 aromatic heterocycles. The number of alkyl carbamates (subject to hydrolysis) is 1. The third-order valence-electron chi connectivity index (χ3n) is 6.75. The Balaban J connectivity index is 1.64. The van der Waals surface area contributed by atoms with Crippen molar-refractivity contribution in [1.82, 2.24) is 10.6 Å². The summed E-state index contributed by atoms with van der Waals surface area (Å²) >= 11 is 0. The van der Waals surface area contributed by atoms with Crippen LogP contribution in [-0.2, 0) is 14.3 Å². The van der Waals surface area contributed by atoms with E-state index in [1.807, 2.05) is 57.2 Å². The molecule has 2 aromatic carbocycles. The number of hydrogen-bond donors (Lipinski definition) is 3.